The molecule has 1 aromatic heterocycles. The number of carbonyl (C=O) groups excluding carboxylic acids is 1. The van der Waals surface area contributed by atoms with Crippen LogP contribution < -0.4 is 5.32 Å². The largest absolute Gasteiger partial charge is 0.347 e. The molecule has 0 aliphatic heterocycles. The fraction of sp³-hybridized carbons (Fsp3) is 0.211. The Hall–Kier alpha value is -1.88. The van der Waals surface area contributed by atoms with Crippen molar-refractivity contribution >= 4 is 38.9 Å². The van der Waals surface area contributed by atoms with Crippen LogP contribution >= 0.6 is 22.9 Å². The van der Waals surface area contributed by atoms with Crippen molar-refractivity contribution < 1.29 is 4.79 Å². The molecule has 1 amide bonds. The summed E-state index contributed by atoms with van der Waals surface area (Å²) in [5.74, 6) is -0.124. The predicted octanol–water partition coefficient (Wildman–Crippen LogP) is 4.55. The topological polar surface area (TPSA) is 32.3 Å². The maximum atomic E-state index is 12.5. The fourth-order valence-corrected chi connectivity index (χ4v) is 4.07. The molecular formula is C19H19ClN2OS. The first kappa shape index (κ1) is 17.0. The highest BCUT2D eigenvalue weighted by atomic mass is 35.5. The Labute approximate surface area is 150 Å². The first-order valence-corrected chi connectivity index (χ1v) is 8.92. The van der Waals surface area contributed by atoms with Crippen LogP contribution in [0, 0.1) is 0 Å². The van der Waals surface area contributed by atoms with Crippen molar-refractivity contribution in [3.8, 4) is 0 Å². The Morgan fingerprint density at radius 2 is 1.75 bits per heavy atom. The summed E-state index contributed by atoms with van der Waals surface area (Å²) in [4.78, 5) is 15.2. The van der Waals surface area contributed by atoms with Gasteiger partial charge in [-0.3, -0.25) is 4.79 Å². The van der Waals surface area contributed by atoms with Crippen LogP contribution in [0.3, 0.4) is 0 Å². The summed E-state index contributed by atoms with van der Waals surface area (Å²) in [7, 11) is 4.07. The number of fused-ring (bicyclic) bond motifs is 1. The van der Waals surface area contributed by atoms with E-state index in [0.717, 1.165) is 22.2 Å². The number of hydrogen-bond acceptors (Lipinski definition) is 3. The summed E-state index contributed by atoms with van der Waals surface area (Å²) in [5.41, 5.74) is 2.34. The second kappa shape index (κ2) is 7.34. The van der Waals surface area contributed by atoms with Gasteiger partial charge in [0.05, 0.1) is 5.02 Å². The Morgan fingerprint density at radius 1 is 1.08 bits per heavy atom. The van der Waals surface area contributed by atoms with Gasteiger partial charge in [0.1, 0.15) is 4.88 Å². The van der Waals surface area contributed by atoms with Gasteiger partial charge in [-0.25, -0.2) is 0 Å². The monoisotopic (exact) mass is 358 g/mol. The van der Waals surface area contributed by atoms with E-state index >= 15 is 0 Å². The lowest BCUT2D eigenvalue weighted by atomic mass is 10.1. The van der Waals surface area contributed by atoms with Crippen LogP contribution in [-0.2, 0) is 13.1 Å². The number of nitrogens with one attached hydrogen (secondary N) is 1. The average Bonchev–Trinajstić information content (AvgIpc) is 2.91. The SMILES string of the molecule is CN(C)Cc1ccccc1CNC(=O)c1sc2ccccc2c1Cl. The second-order valence-corrected chi connectivity index (χ2v) is 7.36. The zero-order valence-corrected chi connectivity index (χ0v) is 15.2. The third-order valence-corrected chi connectivity index (χ3v) is 5.46. The molecule has 0 saturated carbocycles. The van der Waals surface area contributed by atoms with Crippen molar-refractivity contribution in [1.82, 2.24) is 10.2 Å². The molecule has 3 aromatic rings. The lowest BCUT2D eigenvalue weighted by molar-refractivity contribution is 0.0955. The minimum Gasteiger partial charge on any atom is -0.347 e. The van der Waals surface area contributed by atoms with E-state index in [-0.39, 0.29) is 5.91 Å². The number of benzene rings is 2. The summed E-state index contributed by atoms with van der Waals surface area (Å²) in [6, 6.07) is 16.0. The van der Waals surface area contributed by atoms with Gasteiger partial charge in [-0.2, -0.15) is 0 Å². The molecule has 124 valence electrons. The first-order valence-electron chi connectivity index (χ1n) is 7.73. The van der Waals surface area contributed by atoms with Gasteiger partial charge in [-0.1, -0.05) is 54.1 Å². The van der Waals surface area contributed by atoms with E-state index in [1.807, 2.05) is 56.6 Å². The average molecular weight is 359 g/mol. The van der Waals surface area contributed by atoms with Crippen molar-refractivity contribution in [2.24, 2.45) is 0 Å². The van der Waals surface area contributed by atoms with Crippen LogP contribution in [0.2, 0.25) is 5.02 Å². The summed E-state index contributed by atoms with van der Waals surface area (Å²) < 4.78 is 1.03. The van der Waals surface area contributed by atoms with Crippen LogP contribution in [0.15, 0.2) is 48.5 Å². The van der Waals surface area contributed by atoms with Gasteiger partial charge >= 0.3 is 0 Å². The number of halogens is 1. The molecule has 0 bridgehead atoms. The zero-order chi connectivity index (χ0) is 17.1. The van der Waals surface area contributed by atoms with E-state index in [1.54, 1.807) is 0 Å². The normalized spacial score (nSPS) is 11.2. The van der Waals surface area contributed by atoms with Crippen molar-refractivity contribution in [1.29, 1.82) is 0 Å². The van der Waals surface area contributed by atoms with Crippen LogP contribution in [0.25, 0.3) is 10.1 Å². The van der Waals surface area contributed by atoms with Crippen LogP contribution in [0.5, 0.6) is 0 Å². The minimum atomic E-state index is -0.124. The molecular weight excluding hydrogens is 340 g/mol. The third kappa shape index (κ3) is 3.61. The van der Waals surface area contributed by atoms with E-state index in [4.69, 9.17) is 11.6 Å². The van der Waals surface area contributed by atoms with Crippen molar-refractivity contribution in [2.45, 2.75) is 13.1 Å². The molecule has 24 heavy (non-hydrogen) atoms. The summed E-state index contributed by atoms with van der Waals surface area (Å²) >= 11 is 7.81. The molecule has 0 atom stereocenters. The zero-order valence-electron chi connectivity index (χ0n) is 13.7. The molecule has 0 radical (unpaired) electrons. The van der Waals surface area contributed by atoms with Gasteiger partial charge in [-0.15, -0.1) is 11.3 Å². The summed E-state index contributed by atoms with van der Waals surface area (Å²) in [6.45, 7) is 1.34. The van der Waals surface area contributed by atoms with Gasteiger partial charge in [-0.05, 0) is 31.3 Å². The molecule has 5 heteroatoms. The smallest absolute Gasteiger partial charge is 0.263 e. The first-order chi connectivity index (χ1) is 11.6. The molecule has 3 nitrogen and oxygen atoms in total. The van der Waals surface area contributed by atoms with Crippen molar-refractivity contribution in [3.05, 3.63) is 69.6 Å². The molecule has 1 heterocycles. The van der Waals surface area contributed by atoms with E-state index in [2.05, 4.69) is 16.3 Å². The molecule has 0 aliphatic carbocycles. The quantitative estimate of drug-likeness (QED) is 0.725. The molecule has 0 saturated heterocycles. The van der Waals surface area contributed by atoms with Gasteiger partial charge < -0.3 is 10.2 Å². The van der Waals surface area contributed by atoms with Crippen molar-refractivity contribution in [3.63, 3.8) is 0 Å². The molecule has 0 spiro atoms. The number of rotatable bonds is 5. The lowest BCUT2D eigenvalue weighted by Gasteiger charge is -2.14. The van der Waals surface area contributed by atoms with E-state index < -0.39 is 0 Å². The molecule has 0 aliphatic rings. The number of amides is 1. The molecule has 1 N–H and O–H groups in total. The van der Waals surface area contributed by atoms with Crippen LogP contribution in [-0.4, -0.2) is 24.9 Å². The van der Waals surface area contributed by atoms with Gasteiger partial charge in [0.25, 0.3) is 5.91 Å². The maximum absolute atomic E-state index is 12.5. The number of thiophene rings is 1. The van der Waals surface area contributed by atoms with E-state index in [9.17, 15) is 4.79 Å². The highest BCUT2D eigenvalue weighted by molar-refractivity contribution is 7.21. The maximum Gasteiger partial charge on any atom is 0.263 e. The fourth-order valence-electron chi connectivity index (χ4n) is 2.64. The highest BCUT2D eigenvalue weighted by Crippen LogP contribution is 2.35. The number of nitrogens with zero attached hydrogens (tertiary/aromatic N) is 1. The van der Waals surface area contributed by atoms with Gasteiger partial charge in [0.15, 0.2) is 0 Å². The molecule has 0 fully saturated rings. The number of hydrogen-bond donors (Lipinski definition) is 1. The molecule has 3 rings (SSSR count). The Kier molecular flexibility index (Phi) is 5.19. The van der Waals surface area contributed by atoms with Gasteiger partial charge in [0, 0.05) is 23.2 Å². The Morgan fingerprint density at radius 3 is 2.46 bits per heavy atom. The van der Waals surface area contributed by atoms with Gasteiger partial charge in [0.2, 0.25) is 0 Å². The lowest BCUT2D eigenvalue weighted by Crippen LogP contribution is -2.23. The highest BCUT2D eigenvalue weighted by Gasteiger charge is 2.17. The van der Waals surface area contributed by atoms with E-state index in [1.165, 1.54) is 16.9 Å². The Balaban J connectivity index is 1.77. The standard InChI is InChI=1S/C19H19ClN2OS/c1-22(2)12-14-8-4-3-7-13(14)11-21-19(23)18-17(20)15-9-5-6-10-16(15)24-18/h3-10H,11-12H2,1-2H3,(H,21,23). The molecule has 2 aromatic carbocycles. The third-order valence-electron chi connectivity index (χ3n) is 3.79. The van der Waals surface area contributed by atoms with Crippen LogP contribution in [0.1, 0.15) is 20.8 Å². The Bertz CT molecular complexity index is 873. The summed E-state index contributed by atoms with van der Waals surface area (Å²) in [6.07, 6.45) is 0. The van der Waals surface area contributed by atoms with Crippen LogP contribution in [0.4, 0.5) is 0 Å². The summed E-state index contributed by atoms with van der Waals surface area (Å²) in [5, 5.41) is 4.47. The minimum absolute atomic E-state index is 0.124. The van der Waals surface area contributed by atoms with Crippen molar-refractivity contribution in [2.75, 3.05) is 14.1 Å². The number of carbonyl (C=O) groups is 1. The predicted molar refractivity (Wildman–Crippen MR) is 102 cm³/mol. The second-order valence-electron chi connectivity index (χ2n) is 5.93. The molecule has 0 unspecified atom stereocenters. The van der Waals surface area contributed by atoms with E-state index in [0.29, 0.717) is 16.4 Å².